The molecule has 0 bridgehead atoms. The van der Waals surface area contributed by atoms with Crippen LogP contribution in [0, 0.1) is 28.6 Å². The fourth-order valence-electron chi connectivity index (χ4n) is 9.21. The summed E-state index contributed by atoms with van der Waals surface area (Å²) < 4.78 is 0. The largest absolute Gasteiger partial charge is 0.393 e. The highest BCUT2D eigenvalue weighted by molar-refractivity contribution is 5.33. The Morgan fingerprint density at radius 2 is 1.37 bits per heavy atom. The first-order valence-electron chi connectivity index (χ1n) is 13.3. The van der Waals surface area contributed by atoms with Gasteiger partial charge in [0, 0.05) is 16.7 Å². The van der Waals surface area contributed by atoms with Gasteiger partial charge in [-0.25, -0.2) is 0 Å². The Morgan fingerprint density at radius 1 is 0.800 bits per heavy atom. The van der Waals surface area contributed by atoms with Gasteiger partial charge in [0.25, 0.3) is 0 Å². The van der Waals surface area contributed by atoms with Crippen molar-refractivity contribution in [3.05, 3.63) is 0 Å². The van der Waals surface area contributed by atoms with E-state index in [-0.39, 0.29) is 37.5 Å². The second kappa shape index (κ2) is 8.58. The van der Waals surface area contributed by atoms with Crippen molar-refractivity contribution in [2.45, 2.75) is 132 Å². The smallest absolute Gasteiger partial charge is 0.128 e. The Labute approximate surface area is 207 Å². The average Bonchev–Trinajstić information content (AvgIpc) is 3.04. The maximum absolute atomic E-state index is 12.3. The van der Waals surface area contributed by atoms with Crippen molar-refractivity contribution in [3.63, 3.8) is 0 Å². The number of hydrogen-bond acceptors (Lipinski definition) is 9. The predicted molar refractivity (Wildman–Crippen MR) is 126 cm³/mol. The van der Waals surface area contributed by atoms with Gasteiger partial charge in [-0.15, -0.1) is 0 Å². The van der Waals surface area contributed by atoms with Crippen molar-refractivity contribution >= 4 is 0 Å². The molecule has 0 heterocycles. The molecule has 0 aromatic rings. The summed E-state index contributed by atoms with van der Waals surface area (Å²) in [5, 5.41) is 101. The van der Waals surface area contributed by atoms with Crippen LogP contribution in [0.4, 0.5) is 0 Å². The van der Waals surface area contributed by atoms with Crippen molar-refractivity contribution in [2.24, 2.45) is 28.6 Å². The number of aliphatic hydroxyl groups excluding tert-OH is 6. The first-order chi connectivity index (χ1) is 16.1. The van der Waals surface area contributed by atoms with E-state index >= 15 is 0 Å². The van der Waals surface area contributed by atoms with E-state index in [1.165, 1.54) is 0 Å². The van der Waals surface area contributed by atoms with Gasteiger partial charge < -0.3 is 46.0 Å². The Kier molecular flexibility index (Phi) is 6.78. The third-order valence-corrected chi connectivity index (χ3v) is 11.5. The minimum absolute atomic E-state index is 0.00912. The molecule has 4 saturated carbocycles. The van der Waals surface area contributed by atoms with Gasteiger partial charge in [0.2, 0.25) is 0 Å². The molecular weight excluding hydrogens is 456 g/mol. The number of fused-ring (bicyclic) bond motifs is 5. The molecule has 4 aliphatic carbocycles. The van der Waals surface area contributed by atoms with Crippen molar-refractivity contribution in [1.29, 1.82) is 0 Å². The van der Waals surface area contributed by atoms with E-state index in [9.17, 15) is 46.0 Å². The van der Waals surface area contributed by atoms with E-state index in [0.717, 1.165) is 0 Å². The van der Waals surface area contributed by atoms with Crippen LogP contribution in [-0.4, -0.2) is 99.4 Å². The Bertz CT molecular complexity index is 812. The van der Waals surface area contributed by atoms with Gasteiger partial charge in [0.05, 0.1) is 18.3 Å². The van der Waals surface area contributed by atoms with Crippen LogP contribution in [0.25, 0.3) is 0 Å². The molecule has 0 saturated heterocycles. The van der Waals surface area contributed by atoms with Crippen LogP contribution in [0.5, 0.6) is 0 Å². The molecule has 0 spiro atoms. The van der Waals surface area contributed by atoms with E-state index in [4.69, 9.17) is 0 Å². The summed E-state index contributed by atoms with van der Waals surface area (Å²) in [7, 11) is 0. The molecule has 0 unspecified atom stereocenters. The van der Waals surface area contributed by atoms with Crippen LogP contribution < -0.4 is 0 Å². The van der Waals surface area contributed by atoms with Gasteiger partial charge in [0.1, 0.15) is 35.1 Å². The SMILES string of the molecule is CC[C@@H](O)CC[C@@H](C)[C@H]1C[C@H](O)[C@@]2(O)[C@]3(O)[C@@H](O)[C@H](O)[C@@]4(O)[C@@H](O)[C@@H](O)CC[C@]4(C)[C@H]3CC[C@]12C. The molecule has 9 nitrogen and oxygen atoms in total. The Hall–Kier alpha value is -0.360. The molecule has 0 aliphatic heterocycles. The molecule has 0 amide bonds. The van der Waals surface area contributed by atoms with E-state index in [1.54, 1.807) is 6.92 Å². The first-order valence-corrected chi connectivity index (χ1v) is 13.3. The molecule has 0 aromatic heterocycles. The molecule has 0 aromatic carbocycles. The van der Waals surface area contributed by atoms with Crippen LogP contribution in [0.2, 0.25) is 0 Å². The lowest BCUT2D eigenvalue weighted by Gasteiger charge is -2.72. The van der Waals surface area contributed by atoms with Gasteiger partial charge in [-0.05, 0) is 63.2 Å². The van der Waals surface area contributed by atoms with Gasteiger partial charge in [-0.2, -0.15) is 0 Å². The summed E-state index contributed by atoms with van der Waals surface area (Å²) in [5.74, 6) is -1.16. The molecular formula is C26H46O9. The second-order valence-electron chi connectivity index (χ2n) is 12.8. The minimum Gasteiger partial charge on any atom is -0.393 e. The molecule has 35 heavy (non-hydrogen) atoms. The van der Waals surface area contributed by atoms with Gasteiger partial charge in [0.15, 0.2) is 0 Å². The molecule has 9 N–H and O–H groups in total. The number of aliphatic hydroxyl groups is 9. The van der Waals surface area contributed by atoms with E-state index in [1.807, 2.05) is 20.8 Å². The monoisotopic (exact) mass is 502 g/mol. The quantitative estimate of drug-likeness (QED) is 0.237. The fourth-order valence-corrected chi connectivity index (χ4v) is 9.21. The lowest BCUT2D eigenvalue weighted by atomic mass is 9.38. The lowest BCUT2D eigenvalue weighted by molar-refractivity contribution is -0.401. The fraction of sp³-hybridized carbons (Fsp3) is 1.00. The first kappa shape index (κ1) is 27.7. The van der Waals surface area contributed by atoms with Gasteiger partial charge >= 0.3 is 0 Å². The summed E-state index contributed by atoms with van der Waals surface area (Å²) in [6.07, 6.45) is -5.98. The van der Waals surface area contributed by atoms with Crippen LogP contribution in [0.3, 0.4) is 0 Å². The highest BCUT2D eigenvalue weighted by Crippen LogP contribution is 2.72. The average molecular weight is 503 g/mol. The summed E-state index contributed by atoms with van der Waals surface area (Å²) in [6, 6.07) is 0. The summed E-state index contributed by atoms with van der Waals surface area (Å²) in [5.41, 5.74) is -9.20. The molecule has 9 heteroatoms. The van der Waals surface area contributed by atoms with Crippen LogP contribution >= 0.6 is 0 Å². The number of hydrogen-bond donors (Lipinski definition) is 9. The lowest BCUT2D eigenvalue weighted by Crippen LogP contribution is -2.88. The van der Waals surface area contributed by atoms with Crippen molar-refractivity contribution in [1.82, 2.24) is 0 Å². The highest BCUT2D eigenvalue weighted by Gasteiger charge is 2.84. The zero-order chi connectivity index (χ0) is 26.4. The Morgan fingerprint density at radius 3 is 1.97 bits per heavy atom. The topological polar surface area (TPSA) is 182 Å². The minimum atomic E-state index is -2.36. The summed E-state index contributed by atoms with van der Waals surface area (Å²) >= 11 is 0. The van der Waals surface area contributed by atoms with Gasteiger partial charge in [-0.1, -0.05) is 27.7 Å². The van der Waals surface area contributed by atoms with Gasteiger partial charge in [-0.3, -0.25) is 0 Å². The zero-order valence-electron chi connectivity index (χ0n) is 21.4. The van der Waals surface area contributed by atoms with E-state index in [2.05, 4.69) is 0 Å². The number of rotatable bonds is 5. The molecule has 4 rings (SSSR count). The zero-order valence-corrected chi connectivity index (χ0v) is 21.4. The molecule has 204 valence electrons. The van der Waals surface area contributed by atoms with Crippen molar-refractivity contribution < 1.29 is 46.0 Å². The van der Waals surface area contributed by atoms with Crippen LogP contribution in [0.1, 0.15) is 79.1 Å². The predicted octanol–water partition coefficient (Wildman–Crippen LogP) is -0.579. The molecule has 4 aliphatic rings. The molecule has 14 atom stereocenters. The van der Waals surface area contributed by atoms with Crippen LogP contribution in [0.15, 0.2) is 0 Å². The summed E-state index contributed by atoms with van der Waals surface area (Å²) in [6.45, 7) is 7.35. The molecule has 0 radical (unpaired) electrons. The van der Waals surface area contributed by atoms with E-state index in [0.29, 0.717) is 25.7 Å². The third-order valence-electron chi connectivity index (χ3n) is 11.5. The maximum atomic E-state index is 12.3. The van der Waals surface area contributed by atoms with Crippen molar-refractivity contribution in [3.8, 4) is 0 Å². The van der Waals surface area contributed by atoms with Crippen molar-refractivity contribution in [2.75, 3.05) is 0 Å². The van der Waals surface area contributed by atoms with Crippen LogP contribution in [-0.2, 0) is 0 Å². The summed E-state index contributed by atoms with van der Waals surface area (Å²) in [4.78, 5) is 0. The highest BCUT2D eigenvalue weighted by atomic mass is 16.4. The standard InChI is InChI=1S/C26H46O9/c1-5-14(27)7-6-13(2)15-12-18(29)26(35)22(15,3)11-9-17-23(4)10-8-16(28)19(30)25(23,34)21(32)20(31)24(17,26)33/h13-21,27-35H,5-12H2,1-4H3/t13-,14-,15-,16+,17-,18+,19+,20+,21+,22-,23-,24-,25+,26+/m1/s1. The molecule has 4 fully saturated rings. The Balaban J connectivity index is 1.78. The third kappa shape index (κ3) is 3.14. The van der Waals surface area contributed by atoms with E-state index < -0.39 is 70.2 Å². The second-order valence-corrected chi connectivity index (χ2v) is 12.8. The maximum Gasteiger partial charge on any atom is 0.128 e. The normalized spacial score (nSPS) is 57.7.